The maximum atomic E-state index is 12.9. The van der Waals surface area contributed by atoms with Gasteiger partial charge in [0.15, 0.2) is 0 Å². The number of carbonyl (C=O) groups excluding carboxylic acids is 1. The highest BCUT2D eigenvalue weighted by atomic mass is 19.1. The van der Waals surface area contributed by atoms with Gasteiger partial charge < -0.3 is 10.2 Å². The van der Waals surface area contributed by atoms with Crippen LogP contribution in [-0.2, 0) is 4.79 Å². The maximum absolute atomic E-state index is 12.9. The number of likely N-dealkylation sites (tertiary alicyclic amines) is 1. The van der Waals surface area contributed by atoms with E-state index in [-0.39, 0.29) is 23.6 Å². The zero-order valence-electron chi connectivity index (χ0n) is 12.5. The average Bonchev–Trinajstić information content (AvgIpc) is 2.92. The van der Waals surface area contributed by atoms with Crippen molar-refractivity contribution in [3.8, 4) is 0 Å². The lowest BCUT2D eigenvalue weighted by molar-refractivity contribution is -0.119. The molecule has 1 N–H and O–H groups in total. The Morgan fingerprint density at radius 1 is 1.09 bits per heavy atom. The van der Waals surface area contributed by atoms with Crippen molar-refractivity contribution in [3.05, 3.63) is 66.0 Å². The lowest BCUT2D eigenvalue weighted by atomic mass is 9.88. The summed E-state index contributed by atoms with van der Waals surface area (Å²) >= 11 is 0. The molecule has 0 saturated carbocycles. The van der Waals surface area contributed by atoms with Crippen molar-refractivity contribution in [1.29, 1.82) is 0 Å². The number of nitrogens with one attached hydrogen (secondary N) is 1. The zero-order chi connectivity index (χ0) is 15.5. The van der Waals surface area contributed by atoms with Crippen LogP contribution in [0.25, 0.3) is 0 Å². The van der Waals surface area contributed by atoms with Crippen LogP contribution >= 0.6 is 0 Å². The van der Waals surface area contributed by atoms with E-state index in [0.29, 0.717) is 5.69 Å². The summed E-state index contributed by atoms with van der Waals surface area (Å²) in [7, 11) is 2.03. The Balaban J connectivity index is 1.76. The van der Waals surface area contributed by atoms with Crippen LogP contribution < -0.4 is 5.32 Å². The Hall–Kier alpha value is -2.20. The number of carbonyl (C=O) groups is 1. The molecule has 0 aliphatic carbocycles. The number of anilines is 1. The van der Waals surface area contributed by atoms with E-state index < -0.39 is 0 Å². The van der Waals surface area contributed by atoms with Crippen molar-refractivity contribution < 1.29 is 9.18 Å². The van der Waals surface area contributed by atoms with Crippen molar-refractivity contribution in [2.24, 2.45) is 5.92 Å². The lowest BCUT2D eigenvalue weighted by Gasteiger charge is -2.18. The van der Waals surface area contributed by atoms with Crippen molar-refractivity contribution >= 4 is 11.6 Å². The largest absolute Gasteiger partial charge is 0.326 e. The normalized spacial score (nSPS) is 21.7. The lowest BCUT2D eigenvalue weighted by Crippen LogP contribution is -2.28. The van der Waals surface area contributed by atoms with E-state index in [1.54, 1.807) is 12.1 Å². The zero-order valence-corrected chi connectivity index (χ0v) is 12.5. The minimum Gasteiger partial charge on any atom is -0.326 e. The molecule has 2 aromatic rings. The number of hydrogen-bond acceptors (Lipinski definition) is 2. The van der Waals surface area contributed by atoms with E-state index in [1.165, 1.54) is 17.7 Å². The maximum Gasteiger partial charge on any atom is 0.229 e. The van der Waals surface area contributed by atoms with Crippen molar-refractivity contribution in [2.75, 3.05) is 25.5 Å². The fraction of sp³-hybridized carbons (Fsp3) is 0.278. The van der Waals surface area contributed by atoms with Gasteiger partial charge in [0.1, 0.15) is 5.82 Å². The number of rotatable bonds is 3. The second-order valence-corrected chi connectivity index (χ2v) is 5.84. The van der Waals surface area contributed by atoms with Gasteiger partial charge in [-0.25, -0.2) is 4.39 Å². The van der Waals surface area contributed by atoms with E-state index >= 15 is 0 Å². The van der Waals surface area contributed by atoms with Gasteiger partial charge in [0, 0.05) is 24.7 Å². The molecule has 1 aliphatic rings. The van der Waals surface area contributed by atoms with Gasteiger partial charge in [-0.15, -0.1) is 0 Å². The third-order valence-corrected chi connectivity index (χ3v) is 4.18. The summed E-state index contributed by atoms with van der Waals surface area (Å²) in [5.74, 6) is -0.227. The summed E-state index contributed by atoms with van der Waals surface area (Å²) in [6.45, 7) is 1.60. The quantitative estimate of drug-likeness (QED) is 0.944. The Bertz CT molecular complexity index is 642. The second kappa shape index (κ2) is 6.28. The van der Waals surface area contributed by atoms with Crippen molar-refractivity contribution in [3.63, 3.8) is 0 Å². The third kappa shape index (κ3) is 3.17. The van der Waals surface area contributed by atoms with Gasteiger partial charge in [0.2, 0.25) is 5.91 Å². The molecule has 1 heterocycles. The standard InChI is InChI=1S/C18H19FN2O/c1-21-11-16(13-5-3-2-4-6-13)17(12-21)18(22)20-15-9-7-14(19)8-10-15/h2-10,16-17H,11-12H2,1H3,(H,20,22)/t16-,17-/m1/s1. The molecular weight excluding hydrogens is 279 g/mol. The van der Waals surface area contributed by atoms with E-state index in [1.807, 2.05) is 25.2 Å². The molecule has 0 bridgehead atoms. The molecule has 0 radical (unpaired) electrons. The van der Waals surface area contributed by atoms with Crippen LogP contribution in [-0.4, -0.2) is 30.9 Å². The Kier molecular flexibility index (Phi) is 4.20. The molecule has 2 atom stereocenters. The molecule has 0 unspecified atom stereocenters. The molecule has 1 amide bonds. The molecule has 0 aromatic heterocycles. The van der Waals surface area contributed by atoms with E-state index in [4.69, 9.17) is 0 Å². The average molecular weight is 298 g/mol. The Morgan fingerprint density at radius 2 is 1.77 bits per heavy atom. The highest BCUT2D eigenvalue weighted by molar-refractivity contribution is 5.93. The number of likely N-dealkylation sites (N-methyl/N-ethyl adjacent to an activating group) is 1. The number of halogens is 1. The number of nitrogens with zero attached hydrogens (tertiary/aromatic N) is 1. The van der Waals surface area contributed by atoms with Gasteiger partial charge in [-0.05, 0) is 36.9 Å². The minimum atomic E-state index is -0.305. The van der Waals surface area contributed by atoms with Gasteiger partial charge >= 0.3 is 0 Å². The molecule has 114 valence electrons. The summed E-state index contributed by atoms with van der Waals surface area (Å²) < 4.78 is 12.9. The van der Waals surface area contributed by atoms with Gasteiger partial charge in [-0.2, -0.15) is 0 Å². The molecule has 0 spiro atoms. The van der Waals surface area contributed by atoms with Crippen LogP contribution in [0.2, 0.25) is 0 Å². The fourth-order valence-corrected chi connectivity index (χ4v) is 3.07. The third-order valence-electron chi connectivity index (χ3n) is 4.18. The first kappa shape index (κ1) is 14.7. The molecule has 3 nitrogen and oxygen atoms in total. The van der Waals surface area contributed by atoms with Crippen LogP contribution in [0.5, 0.6) is 0 Å². The molecule has 22 heavy (non-hydrogen) atoms. The SMILES string of the molecule is CN1C[C@H](c2ccccc2)[C@H](C(=O)Nc2ccc(F)cc2)C1. The van der Waals surface area contributed by atoms with Crippen molar-refractivity contribution in [1.82, 2.24) is 4.90 Å². The summed E-state index contributed by atoms with van der Waals surface area (Å²) in [6.07, 6.45) is 0. The summed E-state index contributed by atoms with van der Waals surface area (Å²) in [6, 6.07) is 16.0. The smallest absolute Gasteiger partial charge is 0.229 e. The van der Waals surface area contributed by atoms with E-state index in [9.17, 15) is 9.18 Å². The molecular formula is C18H19FN2O. The van der Waals surface area contributed by atoms with Crippen LogP contribution in [0.1, 0.15) is 11.5 Å². The second-order valence-electron chi connectivity index (χ2n) is 5.84. The number of hydrogen-bond donors (Lipinski definition) is 1. The van der Waals surface area contributed by atoms with Crippen LogP contribution in [0, 0.1) is 11.7 Å². The molecule has 3 rings (SSSR count). The van der Waals surface area contributed by atoms with Gasteiger partial charge in [-0.3, -0.25) is 4.79 Å². The van der Waals surface area contributed by atoms with Crippen LogP contribution in [0.15, 0.2) is 54.6 Å². The molecule has 1 aliphatic heterocycles. The first-order chi connectivity index (χ1) is 10.6. The monoisotopic (exact) mass is 298 g/mol. The molecule has 1 fully saturated rings. The molecule has 2 aromatic carbocycles. The summed E-state index contributed by atoms with van der Waals surface area (Å²) in [5.41, 5.74) is 1.82. The van der Waals surface area contributed by atoms with Gasteiger partial charge in [0.25, 0.3) is 0 Å². The minimum absolute atomic E-state index is 0.00943. The fourth-order valence-electron chi connectivity index (χ4n) is 3.07. The topological polar surface area (TPSA) is 32.3 Å². The first-order valence-corrected chi connectivity index (χ1v) is 7.43. The highest BCUT2D eigenvalue weighted by Gasteiger charge is 2.36. The number of benzene rings is 2. The van der Waals surface area contributed by atoms with E-state index in [2.05, 4.69) is 22.3 Å². The van der Waals surface area contributed by atoms with E-state index in [0.717, 1.165) is 13.1 Å². The van der Waals surface area contributed by atoms with Gasteiger partial charge in [0.05, 0.1) is 5.92 Å². The first-order valence-electron chi connectivity index (χ1n) is 7.43. The predicted molar refractivity (Wildman–Crippen MR) is 85.2 cm³/mol. The highest BCUT2D eigenvalue weighted by Crippen LogP contribution is 2.32. The van der Waals surface area contributed by atoms with Crippen LogP contribution in [0.3, 0.4) is 0 Å². The number of amides is 1. The Labute approximate surface area is 129 Å². The summed E-state index contributed by atoms with van der Waals surface area (Å²) in [4.78, 5) is 14.8. The van der Waals surface area contributed by atoms with Gasteiger partial charge in [-0.1, -0.05) is 30.3 Å². The summed E-state index contributed by atoms with van der Waals surface area (Å²) in [5, 5.41) is 2.90. The predicted octanol–water partition coefficient (Wildman–Crippen LogP) is 3.11. The van der Waals surface area contributed by atoms with Crippen molar-refractivity contribution in [2.45, 2.75) is 5.92 Å². The van der Waals surface area contributed by atoms with Crippen LogP contribution in [0.4, 0.5) is 10.1 Å². The molecule has 4 heteroatoms. The molecule has 1 saturated heterocycles. The Morgan fingerprint density at radius 3 is 2.45 bits per heavy atom.